The highest BCUT2D eigenvalue weighted by Crippen LogP contribution is 2.16. The van der Waals surface area contributed by atoms with Gasteiger partial charge >= 0.3 is 0 Å². The van der Waals surface area contributed by atoms with E-state index >= 15 is 0 Å². The third kappa shape index (κ3) is 3.72. The number of carbonyl (C=O) groups excluding carboxylic acids is 2. The van der Waals surface area contributed by atoms with Crippen molar-refractivity contribution in [2.45, 2.75) is 13.0 Å². The summed E-state index contributed by atoms with van der Waals surface area (Å²) in [6.07, 6.45) is 0. The Labute approximate surface area is 147 Å². The minimum atomic E-state index is -0.729. The molecule has 1 aromatic heterocycles. The maximum atomic E-state index is 13.0. The average Bonchev–Trinajstić information content (AvgIpc) is 3.12. The molecular weight excluding hydrogens is 339 g/mol. The van der Waals surface area contributed by atoms with E-state index in [4.69, 9.17) is 5.73 Å². The Bertz CT molecular complexity index is 937. The minimum absolute atomic E-state index is 0.287. The summed E-state index contributed by atoms with van der Waals surface area (Å²) in [6, 6.07) is 11.1. The molecule has 1 atom stereocenters. The Kier molecular flexibility index (Phi) is 4.70. The molecular formula is C17H15FN6O2. The first-order valence-electron chi connectivity index (χ1n) is 7.70. The van der Waals surface area contributed by atoms with Gasteiger partial charge in [0.25, 0.3) is 5.91 Å². The normalized spacial score (nSPS) is 11.8. The molecule has 26 heavy (non-hydrogen) atoms. The molecule has 2 amide bonds. The molecule has 0 radical (unpaired) electrons. The second-order valence-corrected chi connectivity index (χ2v) is 5.55. The van der Waals surface area contributed by atoms with Gasteiger partial charge in [-0.15, -0.1) is 10.2 Å². The summed E-state index contributed by atoms with van der Waals surface area (Å²) >= 11 is 0. The summed E-state index contributed by atoms with van der Waals surface area (Å²) in [7, 11) is 0. The first kappa shape index (κ1) is 17.2. The Balaban J connectivity index is 1.70. The molecule has 0 saturated carbocycles. The summed E-state index contributed by atoms with van der Waals surface area (Å²) in [5, 5.41) is 14.6. The number of primary amides is 1. The van der Waals surface area contributed by atoms with Crippen LogP contribution in [0.5, 0.6) is 0 Å². The third-order valence-corrected chi connectivity index (χ3v) is 3.69. The minimum Gasteiger partial charge on any atom is -0.366 e. The molecule has 132 valence electrons. The van der Waals surface area contributed by atoms with Gasteiger partial charge in [-0.1, -0.05) is 0 Å². The Morgan fingerprint density at radius 3 is 2.38 bits per heavy atom. The van der Waals surface area contributed by atoms with Crippen LogP contribution in [0.1, 0.15) is 23.3 Å². The van der Waals surface area contributed by atoms with Crippen molar-refractivity contribution in [3.8, 4) is 11.4 Å². The number of nitrogens with two attached hydrogens (primary N) is 1. The highest BCUT2D eigenvalue weighted by atomic mass is 19.1. The fourth-order valence-electron chi connectivity index (χ4n) is 2.17. The van der Waals surface area contributed by atoms with E-state index in [0.717, 1.165) is 0 Å². The second-order valence-electron chi connectivity index (χ2n) is 5.55. The highest BCUT2D eigenvalue weighted by molar-refractivity contribution is 5.95. The van der Waals surface area contributed by atoms with Crippen molar-refractivity contribution in [2.75, 3.05) is 5.32 Å². The van der Waals surface area contributed by atoms with E-state index < -0.39 is 11.9 Å². The van der Waals surface area contributed by atoms with Crippen LogP contribution in [-0.4, -0.2) is 32.0 Å². The first-order valence-corrected chi connectivity index (χ1v) is 7.70. The van der Waals surface area contributed by atoms with Gasteiger partial charge in [0.1, 0.15) is 11.9 Å². The summed E-state index contributed by atoms with van der Waals surface area (Å²) in [6.45, 7) is 1.61. The van der Waals surface area contributed by atoms with E-state index in [9.17, 15) is 14.0 Å². The number of nitrogens with one attached hydrogen (secondary N) is 1. The van der Waals surface area contributed by atoms with Crippen LogP contribution in [0.25, 0.3) is 11.4 Å². The molecule has 8 nitrogen and oxygen atoms in total. The maximum Gasteiger partial charge on any atom is 0.250 e. The zero-order valence-electron chi connectivity index (χ0n) is 13.8. The molecule has 3 rings (SSSR count). The van der Waals surface area contributed by atoms with Gasteiger partial charge in [0.05, 0.1) is 0 Å². The van der Waals surface area contributed by atoms with E-state index in [2.05, 4.69) is 20.7 Å². The summed E-state index contributed by atoms with van der Waals surface area (Å²) < 4.78 is 13.0. The lowest BCUT2D eigenvalue weighted by atomic mass is 10.2. The standard InChI is InChI=1S/C17H15FN6O2/c1-10(17(26)20-14-8-4-11(5-9-14)15(19)25)24-22-16(21-23-24)12-2-6-13(18)7-3-12/h2-10H,1H3,(H2,19,25)(H,20,26)/t10-/m1/s1. The fraction of sp³-hybridized carbons (Fsp3) is 0.118. The molecule has 0 saturated heterocycles. The lowest BCUT2D eigenvalue weighted by molar-refractivity contribution is -0.119. The van der Waals surface area contributed by atoms with Gasteiger partial charge in [-0.2, -0.15) is 4.80 Å². The van der Waals surface area contributed by atoms with Crippen molar-refractivity contribution in [1.82, 2.24) is 20.2 Å². The summed E-state index contributed by atoms with van der Waals surface area (Å²) in [5.41, 5.74) is 6.61. The molecule has 0 bridgehead atoms. The molecule has 2 aromatic carbocycles. The van der Waals surface area contributed by atoms with Gasteiger partial charge in [-0.05, 0) is 60.7 Å². The SMILES string of the molecule is C[C@H](C(=O)Nc1ccc(C(N)=O)cc1)n1nnc(-c2ccc(F)cc2)n1. The topological polar surface area (TPSA) is 116 Å². The second kappa shape index (κ2) is 7.09. The number of nitrogens with zero attached hydrogens (tertiary/aromatic N) is 4. The van der Waals surface area contributed by atoms with Crippen LogP contribution in [0, 0.1) is 5.82 Å². The smallest absolute Gasteiger partial charge is 0.250 e. The molecule has 0 aliphatic carbocycles. The molecule has 0 fully saturated rings. The van der Waals surface area contributed by atoms with Crippen molar-refractivity contribution in [2.24, 2.45) is 5.73 Å². The van der Waals surface area contributed by atoms with Gasteiger partial charge in [-0.3, -0.25) is 9.59 Å². The van der Waals surface area contributed by atoms with Crippen molar-refractivity contribution >= 4 is 17.5 Å². The molecule has 0 spiro atoms. The summed E-state index contributed by atoms with van der Waals surface area (Å²) in [4.78, 5) is 24.6. The molecule has 9 heteroatoms. The molecule has 3 aromatic rings. The van der Waals surface area contributed by atoms with Crippen molar-refractivity contribution in [3.05, 3.63) is 59.9 Å². The molecule has 0 aliphatic rings. The van der Waals surface area contributed by atoms with Crippen LogP contribution >= 0.6 is 0 Å². The fourth-order valence-corrected chi connectivity index (χ4v) is 2.17. The van der Waals surface area contributed by atoms with Gasteiger partial charge in [0.15, 0.2) is 0 Å². The number of anilines is 1. The largest absolute Gasteiger partial charge is 0.366 e. The number of hydrogen-bond donors (Lipinski definition) is 2. The average molecular weight is 354 g/mol. The van der Waals surface area contributed by atoms with Crippen LogP contribution in [0.2, 0.25) is 0 Å². The van der Waals surface area contributed by atoms with Crippen LogP contribution in [0.4, 0.5) is 10.1 Å². The zero-order valence-corrected chi connectivity index (χ0v) is 13.8. The van der Waals surface area contributed by atoms with Crippen molar-refractivity contribution in [1.29, 1.82) is 0 Å². The van der Waals surface area contributed by atoms with E-state index in [1.54, 1.807) is 19.1 Å². The van der Waals surface area contributed by atoms with Crippen LogP contribution in [0.15, 0.2) is 48.5 Å². The number of benzene rings is 2. The number of aromatic nitrogens is 4. The maximum absolute atomic E-state index is 13.0. The van der Waals surface area contributed by atoms with Crippen LogP contribution in [0.3, 0.4) is 0 Å². The van der Waals surface area contributed by atoms with Crippen LogP contribution < -0.4 is 11.1 Å². The third-order valence-electron chi connectivity index (χ3n) is 3.69. The Hall–Kier alpha value is -3.62. The van der Waals surface area contributed by atoms with Gasteiger partial charge < -0.3 is 11.1 Å². The quantitative estimate of drug-likeness (QED) is 0.724. The number of amides is 2. The van der Waals surface area contributed by atoms with Crippen molar-refractivity contribution in [3.63, 3.8) is 0 Å². The van der Waals surface area contributed by atoms with Gasteiger partial charge in [0, 0.05) is 16.8 Å². The van der Waals surface area contributed by atoms with E-state index in [1.807, 2.05) is 0 Å². The molecule has 0 aliphatic heterocycles. The summed E-state index contributed by atoms with van der Waals surface area (Å²) in [5.74, 6) is -0.983. The monoisotopic (exact) mass is 354 g/mol. The van der Waals surface area contributed by atoms with E-state index in [1.165, 1.54) is 41.2 Å². The zero-order chi connectivity index (χ0) is 18.7. The lowest BCUT2D eigenvalue weighted by Crippen LogP contribution is -2.25. The van der Waals surface area contributed by atoms with E-state index in [-0.39, 0.29) is 17.5 Å². The molecule has 0 unspecified atom stereocenters. The predicted octanol–water partition coefficient (Wildman–Crippen LogP) is 1.78. The molecule has 3 N–H and O–H groups in total. The lowest BCUT2D eigenvalue weighted by Gasteiger charge is -2.11. The predicted molar refractivity (Wildman–Crippen MR) is 91.5 cm³/mol. The van der Waals surface area contributed by atoms with Crippen LogP contribution in [-0.2, 0) is 4.79 Å². The number of tetrazole rings is 1. The number of rotatable bonds is 5. The van der Waals surface area contributed by atoms with Gasteiger partial charge in [-0.25, -0.2) is 4.39 Å². The highest BCUT2D eigenvalue weighted by Gasteiger charge is 2.19. The number of halogens is 1. The number of hydrogen-bond acceptors (Lipinski definition) is 5. The van der Waals surface area contributed by atoms with Gasteiger partial charge in [0.2, 0.25) is 11.7 Å². The Morgan fingerprint density at radius 2 is 1.77 bits per heavy atom. The van der Waals surface area contributed by atoms with Crippen molar-refractivity contribution < 1.29 is 14.0 Å². The Morgan fingerprint density at radius 1 is 1.12 bits per heavy atom. The first-order chi connectivity index (χ1) is 12.4. The molecule has 1 heterocycles. The van der Waals surface area contributed by atoms with E-state index in [0.29, 0.717) is 16.8 Å². The number of carbonyl (C=O) groups is 2.